The predicted octanol–water partition coefficient (Wildman–Crippen LogP) is 3.17. The fourth-order valence-electron chi connectivity index (χ4n) is 4.37. The van der Waals surface area contributed by atoms with Gasteiger partial charge in [0.1, 0.15) is 0 Å². The van der Waals surface area contributed by atoms with Crippen molar-refractivity contribution in [1.29, 1.82) is 0 Å². The Labute approximate surface area is 131 Å². The Morgan fingerprint density at radius 2 is 1.76 bits per heavy atom. The van der Waals surface area contributed by atoms with E-state index >= 15 is 0 Å². The van der Waals surface area contributed by atoms with Crippen molar-refractivity contribution < 1.29 is 5.11 Å². The van der Waals surface area contributed by atoms with Gasteiger partial charge in [0.15, 0.2) is 0 Å². The molecule has 0 aliphatic heterocycles. The van der Waals surface area contributed by atoms with Gasteiger partial charge in [0.05, 0.1) is 6.10 Å². The first-order chi connectivity index (χ1) is 10.0. The summed E-state index contributed by atoms with van der Waals surface area (Å²) in [6.07, 6.45) is 11.4. The van der Waals surface area contributed by atoms with Gasteiger partial charge >= 0.3 is 0 Å². The Morgan fingerprint density at radius 3 is 2.38 bits per heavy atom. The van der Waals surface area contributed by atoms with Gasteiger partial charge in [0.25, 0.3) is 0 Å². The number of rotatable bonds is 6. The standard InChI is InChI=1S/C18H36N2O/c1-15(2)19-13-18(11-7-4-8-12-18)14-20(3)16-9-5-6-10-17(16)21/h15-17,19,21H,4-14H2,1-3H3. The lowest BCUT2D eigenvalue weighted by molar-refractivity contribution is 0.00377. The first-order valence-corrected chi connectivity index (χ1v) is 9.14. The SMILES string of the molecule is CC(C)NCC1(CN(C)C2CCCCC2O)CCCCC1. The van der Waals surface area contributed by atoms with Crippen LogP contribution in [0.2, 0.25) is 0 Å². The topological polar surface area (TPSA) is 35.5 Å². The zero-order valence-corrected chi connectivity index (χ0v) is 14.4. The Bertz CT molecular complexity index is 300. The molecule has 124 valence electrons. The number of likely N-dealkylation sites (N-methyl/N-ethyl adjacent to an activating group) is 1. The number of hydrogen-bond donors (Lipinski definition) is 2. The van der Waals surface area contributed by atoms with Gasteiger partial charge in [-0.1, -0.05) is 46.0 Å². The average Bonchev–Trinajstić information content (AvgIpc) is 2.46. The number of nitrogens with one attached hydrogen (secondary N) is 1. The minimum Gasteiger partial charge on any atom is -0.391 e. The third kappa shape index (κ3) is 4.94. The van der Waals surface area contributed by atoms with Crippen LogP contribution >= 0.6 is 0 Å². The summed E-state index contributed by atoms with van der Waals surface area (Å²) in [7, 11) is 2.24. The number of nitrogens with zero attached hydrogens (tertiary/aromatic N) is 1. The van der Waals surface area contributed by atoms with E-state index in [2.05, 4.69) is 31.1 Å². The van der Waals surface area contributed by atoms with Crippen LogP contribution in [-0.2, 0) is 0 Å². The first-order valence-electron chi connectivity index (χ1n) is 9.14. The molecule has 0 heterocycles. The second-order valence-electron chi connectivity index (χ2n) is 7.93. The van der Waals surface area contributed by atoms with Crippen molar-refractivity contribution in [1.82, 2.24) is 10.2 Å². The van der Waals surface area contributed by atoms with Crippen LogP contribution in [-0.4, -0.2) is 48.3 Å². The molecular formula is C18H36N2O. The van der Waals surface area contributed by atoms with E-state index in [4.69, 9.17) is 0 Å². The molecule has 2 fully saturated rings. The minimum absolute atomic E-state index is 0.109. The molecule has 3 heteroatoms. The minimum atomic E-state index is -0.109. The lowest BCUT2D eigenvalue weighted by Crippen LogP contribution is -2.51. The van der Waals surface area contributed by atoms with E-state index in [-0.39, 0.29) is 6.10 Å². The summed E-state index contributed by atoms with van der Waals surface area (Å²) in [5.74, 6) is 0. The molecule has 0 aromatic heterocycles. The second kappa shape index (κ2) is 7.94. The number of aliphatic hydroxyl groups is 1. The van der Waals surface area contributed by atoms with E-state index in [1.165, 1.54) is 51.4 Å². The third-order valence-corrected chi connectivity index (χ3v) is 5.64. The molecule has 3 nitrogen and oxygen atoms in total. The Balaban J connectivity index is 1.96. The molecule has 2 rings (SSSR count). The highest BCUT2D eigenvalue weighted by molar-refractivity contribution is 4.91. The smallest absolute Gasteiger partial charge is 0.0695 e. The lowest BCUT2D eigenvalue weighted by Gasteiger charge is -2.44. The van der Waals surface area contributed by atoms with Crippen molar-refractivity contribution in [2.45, 2.75) is 89.8 Å². The number of aliphatic hydroxyl groups excluding tert-OH is 1. The molecule has 2 unspecified atom stereocenters. The first kappa shape index (κ1) is 17.2. The maximum absolute atomic E-state index is 10.3. The zero-order valence-electron chi connectivity index (χ0n) is 14.4. The molecule has 2 aliphatic rings. The molecule has 0 aromatic carbocycles. The van der Waals surface area contributed by atoms with Crippen LogP contribution in [0.5, 0.6) is 0 Å². The molecule has 2 atom stereocenters. The van der Waals surface area contributed by atoms with Crippen molar-refractivity contribution in [3.05, 3.63) is 0 Å². The van der Waals surface area contributed by atoms with Crippen LogP contribution in [0.4, 0.5) is 0 Å². The lowest BCUT2D eigenvalue weighted by atomic mass is 9.73. The summed E-state index contributed by atoms with van der Waals surface area (Å²) in [6, 6.07) is 0.950. The summed E-state index contributed by atoms with van der Waals surface area (Å²) in [6.45, 7) is 6.77. The van der Waals surface area contributed by atoms with Gasteiger partial charge in [-0.2, -0.15) is 0 Å². The van der Waals surface area contributed by atoms with Crippen LogP contribution in [0.3, 0.4) is 0 Å². The van der Waals surface area contributed by atoms with Gasteiger partial charge in [-0.25, -0.2) is 0 Å². The van der Waals surface area contributed by atoms with Gasteiger partial charge in [-0.3, -0.25) is 0 Å². The predicted molar refractivity (Wildman–Crippen MR) is 89.5 cm³/mol. The van der Waals surface area contributed by atoms with Gasteiger partial charge in [0.2, 0.25) is 0 Å². The van der Waals surface area contributed by atoms with Gasteiger partial charge in [0, 0.05) is 25.2 Å². The fourth-order valence-corrected chi connectivity index (χ4v) is 4.37. The van der Waals surface area contributed by atoms with E-state index in [0.717, 1.165) is 19.5 Å². The molecule has 2 saturated carbocycles. The molecule has 0 spiro atoms. The van der Waals surface area contributed by atoms with Crippen LogP contribution in [0, 0.1) is 5.41 Å². The monoisotopic (exact) mass is 296 g/mol. The van der Waals surface area contributed by atoms with E-state index in [9.17, 15) is 5.11 Å². The average molecular weight is 296 g/mol. The van der Waals surface area contributed by atoms with Crippen LogP contribution in [0.1, 0.15) is 71.6 Å². The van der Waals surface area contributed by atoms with Crippen LogP contribution in [0.25, 0.3) is 0 Å². The highest BCUT2D eigenvalue weighted by Crippen LogP contribution is 2.37. The number of hydrogen-bond acceptors (Lipinski definition) is 3. The van der Waals surface area contributed by atoms with E-state index in [0.29, 0.717) is 17.5 Å². The highest BCUT2D eigenvalue weighted by atomic mass is 16.3. The van der Waals surface area contributed by atoms with Gasteiger partial charge in [-0.15, -0.1) is 0 Å². The Hall–Kier alpha value is -0.120. The fraction of sp³-hybridized carbons (Fsp3) is 1.00. The molecule has 0 aromatic rings. The molecule has 0 bridgehead atoms. The van der Waals surface area contributed by atoms with E-state index in [1.54, 1.807) is 0 Å². The van der Waals surface area contributed by atoms with Crippen molar-refractivity contribution in [2.75, 3.05) is 20.1 Å². The van der Waals surface area contributed by atoms with Crippen molar-refractivity contribution in [2.24, 2.45) is 5.41 Å². The second-order valence-corrected chi connectivity index (χ2v) is 7.93. The summed E-state index contributed by atoms with van der Waals surface area (Å²) < 4.78 is 0. The molecule has 0 amide bonds. The molecule has 2 aliphatic carbocycles. The van der Waals surface area contributed by atoms with Crippen molar-refractivity contribution in [3.63, 3.8) is 0 Å². The van der Waals surface area contributed by atoms with E-state index in [1.807, 2.05) is 0 Å². The Kier molecular flexibility index (Phi) is 6.51. The highest BCUT2D eigenvalue weighted by Gasteiger charge is 2.36. The maximum atomic E-state index is 10.3. The molecule has 0 radical (unpaired) electrons. The molecule has 21 heavy (non-hydrogen) atoms. The van der Waals surface area contributed by atoms with Crippen molar-refractivity contribution in [3.8, 4) is 0 Å². The van der Waals surface area contributed by atoms with Crippen LogP contribution in [0.15, 0.2) is 0 Å². The summed E-state index contributed by atoms with van der Waals surface area (Å²) in [5, 5.41) is 14.0. The maximum Gasteiger partial charge on any atom is 0.0695 e. The Morgan fingerprint density at radius 1 is 1.10 bits per heavy atom. The van der Waals surface area contributed by atoms with Crippen LogP contribution < -0.4 is 5.32 Å². The third-order valence-electron chi connectivity index (χ3n) is 5.64. The summed E-state index contributed by atoms with van der Waals surface area (Å²) in [5.41, 5.74) is 0.425. The van der Waals surface area contributed by atoms with Gasteiger partial charge in [-0.05, 0) is 38.1 Å². The zero-order chi connectivity index (χ0) is 15.3. The summed E-state index contributed by atoms with van der Waals surface area (Å²) >= 11 is 0. The quantitative estimate of drug-likeness (QED) is 0.790. The molecule has 0 saturated heterocycles. The summed E-state index contributed by atoms with van der Waals surface area (Å²) in [4.78, 5) is 2.48. The van der Waals surface area contributed by atoms with E-state index < -0.39 is 0 Å². The molecular weight excluding hydrogens is 260 g/mol. The normalized spacial score (nSPS) is 30.0. The van der Waals surface area contributed by atoms with Gasteiger partial charge < -0.3 is 15.3 Å². The molecule has 2 N–H and O–H groups in total. The van der Waals surface area contributed by atoms with Crippen molar-refractivity contribution >= 4 is 0 Å². The largest absolute Gasteiger partial charge is 0.391 e.